The van der Waals surface area contributed by atoms with E-state index in [4.69, 9.17) is 4.74 Å². The van der Waals surface area contributed by atoms with Gasteiger partial charge in [0.25, 0.3) is 0 Å². The summed E-state index contributed by atoms with van der Waals surface area (Å²) in [7, 11) is 0. The van der Waals surface area contributed by atoms with E-state index in [1.807, 2.05) is 12.3 Å². The van der Waals surface area contributed by atoms with Crippen LogP contribution in [0.25, 0.3) is 11.0 Å². The van der Waals surface area contributed by atoms with Crippen LogP contribution >= 0.6 is 0 Å². The van der Waals surface area contributed by atoms with Crippen LogP contribution in [0.4, 0.5) is 5.82 Å². The second kappa shape index (κ2) is 3.51. The zero-order chi connectivity index (χ0) is 10.1. The minimum absolute atomic E-state index is 0.766. The van der Waals surface area contributed by atoms with E-state index in [-0.39, 0.29) is 0 Å². The molecule has 1 saturated heterocycles. The minimum atomic E-state index is 0.766. The van der Waals surface area contributed by atoms with Crippen LogP contribution in [0.2, 0.25) is 0 Å². The van der Waals surface area contributed by atoms with Gasteiger partial charge in [0.05, 0.1) is 25.1 Å². The van der Waals surface area contributed by atoms with Crippen molar-refractivity contribution >= 4 is 16.9 Å². The van der Waals surface area contributed by atoms with Crippen molar-refractivity contribution in [1.82, 2.24) is 15.0 Å². The molecule has 0 spiro atoms. The first-order chi connectivity index (χ1) is 7.45. The van der Waals surface area contributed by atoms with Crippen molar-refractivity contribution in [3.05, 3.63) is 18.6 Å². The highest BCUT2D eigenvalue weighted by Crippen LogP contribution is 2.21. The first-order valence-electron chi connectivity index (χ1n) is 5.06. The van der Waals surface area contributed by atoms with Crippen molar-refractivity contribution in [3.8, 4) is 0 Å². The molecule has 3 heterocycles. The molecule has 78 valence electrons. The number of morpholine rings is 1. The number of hydrogen-bond donors (Lipinski definition) is 1. The summed E-state index contributed by atoms with van der Waals surface area (Å²) in [6.07, 6.45) is 3.52. The van der Waals surface area contributed by atoms with Gasteiger partial charge in [-0.05, 0) is 6.07 Å². The third kappa shape index (κ3) is 1.45. The van der Waals surface area contributed by atoms with Crippen molar-refractivity contribution < 1.29 is 4.74 Å². The Morgan fingerprint density at radius 2 is 2.13 bits per heavy atom. The summed E-state index contributed by atoms with van der Waals surface area (Å²) >= 11 is 0. The summed E-state index contributed by atoms with van der Waals surface area (Å²) in [5, 5.41) is 0. The number of anilines is 1. The quantitative estimate of drug-likeness (QED) is 0.746. The standard InChI is InChI=1S/C10H12N4O/c1-2-11-10(9-8(1)12-7-13-9)14-3-5-15-6-4-14/h1-2,7H,3-6H2,(H,12,13). The second-order valence-corrected chi connectivity index (χ2v) is 3.53. The third-order valence-electron chi connectivity index (χ3n) is 2.63. The Hall–Kier alpha value is -1.62. The largest absolute Gasteiger partial charge is 0.378 e. The number of ether oxygens (including phenoxy) is 1. The lowest BCUT2D eigenvalue weighted by atomic mass is 10.3. The first-order valence-corrected chi connectivity index (χ1v) is 5.06. The summed E-state index contributed by atoms with van der Waals surface area (Å²) in [6.45, 7) is 3.31. The topological polar surface area (TPSA) is 54.0 Å². The van der Waals surface area contributed by atoms with E-state index in [2.05, 4.69) is 19.9 Å². The van der Waals surface area contributed by atoms with Gasteiger partial charge in [0.1, 0.15) is 5.52 Å². The Labute approximate surface area is 87.1 Å². The normalized spacial score (nSPS) is 17.2. The molecule has 1 fully saturated rings. The molecule has 2 aromatic heterocycles. The van der Waals surface area contributed by atoms with Crippen LogP contribution < -0.4 is 4.90 Å². The summed E-state index contributed by atoms with van der Waals surface area (Å²) in [5.41, 5.74) is 1.98. The van der Waals surface area contributed by atoms with E-state index in [1.165, 1.54) is 0 Å². The van der Waals surface area contributed by atoms with Crippen LogP contribution in [0.3, 0.4) is 0 Å². The Morgan fingerprint density at radius 3 is 3.00 bits per heavy atom. The van der Waals surface area contributed by atoms with E-state index in [0.29, 0.717) is 0 Å². The number of nitrogens with zero attached hydrogens (tertiary/aromatic N) is 3. The maximum Gasteiger partial charge on any atom is 0.156 e. The van der Waals surface area contributed by atoms with Crippen LogP contribution in [0.1, 0.15) is 0 Å². The minimum Gasteiger partial charge on any atom is -0.378 e. The highest BCUT2D eigenvalue weighted by Gasteiger charge is 2.15. The summed E-state index contributed by atoms with van der Waals surface area (Å²) in [4.78, 5) is 14.0. The number of pyridine rings is 1. The fourth-order valence-electron chi connectivity index (χ4n) is 1.86. The molecular weight excluding hydrogens is 192 g/mol. The van der Waals surface area contributed by atoms with Gasteiger partial charge in [-0.3, -0.25) is 0 Å². The Morgan fingerprint density at radius 1 is 1.27 bits per heavy atom. The number of rotatable bonds is 1. The Balaban J connectivity index is 2.05. The number of aromatic amines is 1. The SMILES string of the molecule is c1cc2[nH]cnc2c(N2CCOCC2)n1. The highest BCUT2D eigenvalue weighted by atomic mass is 16.5. The molecule has 0 atom stereocenters. The van der Waals surface area contributed by atoms with Gasteiger partial charge in [-0.15, -0.1) is 0 Å². The fraction of sp³-hybridized carbons (Fsp3) is 0.400. The molecule has 0 radical (unpaired) electrons. The third-order valence-corrected chi connectivity index (χ3v) is 2.63. The summed E-state index contributed by atoms with van der Waals surface area (Å²) < 4.78 is 5.32. The van der Waals surface area contributed by atoms with Crippen molar-refractivity contribution in [2.75, 3.05) is 31.2 Å². The molecule has 0 saturated carbocycles. The molecule has 2 aromatic rings. The summed E-state index contributed by atoms with van der Waals surface area (Å²) in [5.74, 6) is 0.956. The molecule has 0 amide bonds. The van der Waals surface area contributed by atoms with Gasteiger partial charge >= 0.3 is 0 Å². The van der Waals surface area contributed by atoms with Crippen LogP contribution in [0.15, 0.2) is 18.6 Å². The van der Waals surface area contributed by atoms with Crippen molar-refractivity contribution in [2.24, 2.45) is 0 Å². The lowest BCUT2D eigenvalue weighted by Gasteiger charge is -2.27. The first kappa shape index (κ1) is 8.67. The number of fused-ring (bicyclic) bond motifs is 1. The van der Waals surface area contributed by atoms with E-state index in [9.17, 15) is 0 Å². The Kier molecular flexibility index (Phi) is 2.03. The van der Waals surface area contributed by atoms with Crippen LogP contribution in [-0.4, -0.2) is 41.3 Å². The van der Waals surface area contributed by atoms with Gasteiger partial charge in [-0.2, -0.15) is 0 Å². The van der Waals surface area contributed by atoms with Gasteiger partial charge < -0.3 is 14.6 Å². The molecule has 1 aliphatic heterocycles. The molecule has 0 aromatic carbocycles. The van der Waals surface area contributed by atoms with Gasteiger partial charge in [-0.1, -0.05) is 0 Å². The van der Waals surface area contributed by atoms with Gasteiger partial charge in [-0.25, -0.2) is 9.97 Å². The maximum absolute atomic E-state index is 5.32. The monoisotopic (exact) mass is 204 g/mol. The van der Waals surface area contributed by atoms with Crippen molar-refractivity contribution in [2.45, 2.75) is 0 Å². The average molecular weight is 204 g/mol. The second-order valence-electron chi connectivity index (χ2n) is 3.53. The molecule has 1 aliphatic rings. The lowest BCUT2D eigenvalue weighted by Crippen LogP contribution is -2.36. The summed E-state index contributed by atoms with van der Waals surface area (Å²) in [6, 6.07) is 1.94. The maximum atomic E-state index is 5.32. The number of hydrogen-bond acceptors (Lipinski definition) is 4. The van der Waals surface area contributed by atoms with Gasteiger partial charge in [0.2, 0.25) is 0 Å². The Bertz CT molecular complexity index is 461. The van der Waals surface area contributed by atoms with E-state index in [0.717, 1.165) is 43.2 Å². The predicted molar refractivity (Wildman–Crippen MR) is 56.9 cm³/mol. The molecule has 15 heavy (non-hydrogen) atoms. The van der Waals surface area contributed by atoms with Crippen LogP contribution in [-0.2, 0) is 4.74 Å². The molecule has 5 heteroatoms. The lowest BCUT2D eigenvalue weighted by molar-refractivity contribution is 0.122. The van der Waals surface area contributed by atoms with Gasteiger partial charge in [0.15, 0.2) is 5.82 Å². The van der Waals surface area contributed by atoms with Gasteiger partial charge in [0, 0.05) is 19.3 Å². The molecule has 0 aliphatic carbocycles. The van der Waals surface area contributed by atoms with Crippen LogP contribution in [0.5, 0.6) is 0 Å². The predicted octanol–water partition coefficient (Wildman–Crippen LogP) is 0.794. The molecular formula is C10H12N4O. The van der Waals surface area contributed by atoms with E-state index < -0.39 is 0 Å². The average Bonchev–Trinajstić information content (AvgIpc) is 2.78. The van der Waals surface area contributed by atoms with E-state index in [1.54, 1.807) is 6.33 Å². The van der Waals surface area contributed by atoms with Crippen LogP contribution in [0, 0.1) is 0 Å². The van der Waals surface area contributed by atoms with E-state index >= 15 is 0 Å². The molecule has 3 rings (SSSR count). The highest BCUT2D eigenvalue weighted by molar-refractivity contribution is 5.85. The van der Waals surface area contributed by atoms with Crippen molar-refractivity contribution in [3.63, 3.8) is 0 Å². The molecule has 0 bridgehead atoms. The molecule has 0 unspecified atom stereocenters. The zero-order valence-electron chi connectivity index (χ0n) is 8.31. The fourth-order valence-corrected chi connectivity index (χ4v) is 1.86. The zero-order valence-corrected chi connectivity index (χ0v) is 8.31. The number of nitrogens with one attached hydrogen (secondary N) is 1. The smallest absolute Gasteiger partial charge is 0.156 e. The molecule has 1 N–H and O–H groups in total. The number of aromatic nitrogens is 3. The van der Waals surface area contributed by atoms with Crippen molar-refractivity contribution in [1.29, 1.82) is 0 Å². The number of imidazole rings is 1. The molecule has 5 nitrogen and oxygen atoms in total. The number of H-pyrrole nitrogens is 1.